The van der Waals surface area contributed by atoms with Crippen molar-refractivity contribution in [1.82, 2.24) is 4.90 Å². The number of ether oxygens (including phenoxy) is 2. The summed E-state index contributed by atoms with van der Waals surface area (Å²) in [5.41, 5.74) is 1.93. The SMILES string of the molecule is CC1CC=CC=C1c1ccc(OCc2ccc(C(=O)N3CCC[C@@H]3C(=O)OC(C)(C)C)o2)cc1. The highest BCUT2D eigenvalue weighted by Gasteiger charge is 2.38. The highest BCUT2D eigenvalue weighted by molar-refractivity contribution is 5.95. The first-order valence-corrected chi connectivity index (χ1v) is 11.9. The summed E-state index contributed by atoms with van der Waals surface area (Å²) >= 11 is 0. The molecule has 1 saturated heterocycles. The van der Waals surface area contributed by atoms with Crippen molar-refractivity contribution < 1.29 is 23.5 Å². The molecule has 1 fully saturated rings. The quantitative estimate of drug-likeness (QED) is 0.508. The zero-order valence-electron chi connectivity index (χ0n) is 20.4. The average molecular weight is 464 g/mol. The lowest BCUT2D eigenvalue weighted by molar-refractivity contribution is -0.159. The van der Waals surface area contributed by atoms with E-state index in [2.05, 4.69) is 37.3 Å². The van der Waals surface area contributed by atoms with Gasteiger partial charge in [0.15, 0.2) is 5.76 Å². The molecule has 1 amide bonds. The summed E-state index contributed by atoms with van der Waals surface area (Å²) in [5.74, 6) is 1.32. The molecule has 1 unspecified atom stereocenters. The zero-order chi connectivity index (χ0) is 24.3. The molecule has 2 aromatic rings. The number of carbonyl (C=O) groups is 2. The van der Waals surface area contributed by atoms with Crippen molar-refractivity contribution in [3.63, 3.8) is 0 Å². The van der Waals surface area contributed by atoms with Crippen molar-refractivity contribution in [3.05, 3.63) is 71.7 Å². The Morgan fingerprint density at radius 1 is 1.12 bits per heavy atom. The first-order chi connectivity index (χ1) is 16.2. The minimum absolute atomic E-state index is 0.204. The first-order valence-electron chi connectivity index (χ1n) is 11.9. The molecular weight excluding hydrogens is 430 g/mol. The van der Waals surface area contributed by atoms with E-state index in [9.17, 15) is 9.59 Å². The molecule has 1 aromatic heterocycles. The van der Waals surface area contributed by atoms with Gasteiger partial charge >= 0.3 is 5.97 Å². The summed E-state index contributed by atoms with van der Waals surface area (Å²) in [6.45, 7) is 8.42. The summed E-state index contributed by atoms with van der Waals surface area (Å²) in [4.78, 5) is 27.1. The summed E-state index contributed by atoms with van der Waals surface area (Å²) in [6.07, 6.45) is 8.87. The van der Waals surface area contributed by atoms with Crippen LogP contribution in [0.5, 0.6) is 5.75 Å². The van der Waals surface area contributed by atoms with Crippen molar-refractivity contribution in [2.45, 2.75) is 65.2 Å². The maximum absolute atomic E-state index is 13.0. The Morgan fingerprint density at radius 3 is 2.59 bits per heavy atom. The van der Waals surface area contributed by atoms with Crippen LogP contribution in [0.4, 0.5) is 0 Å². The zero-order valence-corrected chi connectivity index (χ0v) is 20.4. The van der Waals surface area contributed by atoms with Crippen molar-refractivity contribution >= 4 is 17.4 Å². The number of allylic oxidation sites excluding steroid dienone is 4. The lowest BCUT2D eigenvalue weighted by atomic mass is 9.88. The number of esters is 1. The van der Waals surface area contributed by atoms with E-state index in [4.69, 9.17) is 13.9 Å². The van der Waals surface area contributed by atoms with Gasteiger partial charge in [0.1, 0.15) is 29.8 Å². The van der Waals surface area contributed by atoms with Gasteiger partial charge in [0, 0.05) is 6.54 Å². The first kappa shape index (κ1) is 23.9. The fourth-order valence-electron chi connectivity index (χ4n) is 4.36. The lowest BCUT2D eigenvalue weighted by Gasteiger charge is -2.26. The highest BCUT2D eigenvalue weighted by Crippen LogP contribution is 2.30. The second kappa shape index (κ2) is 9.92. The van der Waals surface area contributed by atoms with Crippen LogP contribution in [-0.4, -0.2) is 35.0 Å². The van der Waals surface area contributed by atoms with E-state index in [1.807, 2.05) is 32.9 Å². The van der Waals surface area contributed by atoms with Crippen LogP contribution in [0.15, 0.2) is 59.0 Å². The second-order valence-electron chi connectivity index (χ2n) is 9.96. The van der Waals surface area contributed by atoms with Crippen LogP contribution >= 0.6 is 0 Å². The molecule has 0 bridgehead atoms. The summed E-state index contributed by atoms with van der Waals surface area (Å²) in [6, 6.07) is 10.8. The van der Waals surface area contributed by atoms with E-state index < -0.39 is 11.6 Å². The van der Waals surface area contributed by atoms with Gasteiger partial charge in [-0.2, -0.15) is 0 Å². The molecule has 1 aliphatic heterocycles. The smallest absolute Gasteiger partial charge is 0.329 e. The lowest BCUT2D eigenvalue weighted by Crippen LogP contribution is -2.43. The van der Waals surface area contributed by atoms with Crippen molar-refractivity contribution in [2.75, 3.05) is 6.54 Å². The molecule has 2 aliphatic rings. The van der Waals surface area contributed by atoms with Crippen LogP contribution in [0.25, 0.3) is 5.57 Å². The van der Waals surface area contributed by atoms with E-state index in [0.717, 1.165) is 18.6 Å². The minimum Gasteiger partial charge on any atom is -0.486 e. The molecule has 34 heavy (non-hydrogen) atoms. The molecular formula is C28H33NO5. The fourth-order valence-corrected chi connectivity index (χ4v) is 4.36. The van der Waals surface area contributed by atoms with Crippen LogP contribution < -0.4 is 4.74 Å². The largest absolute Gasteiger partial charge is 0.486 e. The number of furan rings is 1. The Kier molecular flexibility index (Phi) is 6.96. The van der Waals surface area contributed by atoms with Gasteiger partial charge < -0.3 is 18.8 Å². The minimum atomic E-state index is -0.593. The van der Waals surface area contributed by atoms with Crippen molar-refractivity contribution in [1.29, 1.82) is 0 Å². The highest BCUT2D eigenvalue weighted by atomic mass is 16.6. The Bertz CT molecular complexity index is 1090. The number of rotatable bonds is 6. The number of nitrogens with zero attached hydrogens (tertiary/aromatic N) is 1. The normalized spacial score (nSPS) is 20.2. The standard InChI is InChI=1S/C28H33NO5/c1-19-8-5-6-9-23(19)20-11-13-21(14-12-20)32-18-22-15-16-25(33-22)26(30)29-17-7-10-24(29)27(31)34-28(2,3)4/h5-6,9,11-16,19,24H,7-8,10,17-18H2,1-4H3/t19?,24-/m1/s1. The van der Waals surface area contributed by atoms with Gasteiger partial charge in [-0.3, -0.25) is 4.79 Å². The molecule has 6 heteroatoms. The monoisotopic (exact) mass is 463 g/mol. The summed E-state index contributed by atoms with van der Waals surface area (Å²) < 4.78 is 17.1. The molecule has 0 spiro atoms. The van der Waals surface area contributed by atoms with Gasteiger partial charge in [-0.15, -0.1) is 0 Å². The molecule has 0 N–H and O–H groups in total. The number of amides is 1. The number of hydrogen-bond donors (Lipinski definition) is 0. The Morgan fingerprint density at radius 2 is 1.88 bits per heavy atom. The molecule has 1 aliphatic carbocycles. The number of benzene rings is 1. The van der Waals surface area contributed by atoms with E-state index in [1.54, 1.807) is 17.0 Å². The Labute approximate surface area is 201 Å². The van der Waals surface area contributed by atoms with Gasteiger partial charge in [0.25, 0.3) is 5.91 Å². The van der Waals surface area contributed by atoms with Crippen molar-refractivity contribution in [2.24, 2.45) is 5.92 Å². The molecule has 6 nitrogen and oxygen atoms in total. The van der Waals surface area contributed by atoms with Crippen LogP contribution in [0, 0.1) is 5.92 Å². The van der Waals surface area contributed by atoms with E-state index in [-0.39, 0.29) is 24.2 Å². The molecule has 0 saturated carbocycles. The number of carbonyl (C=O) groups excluding carboxylic acids is 2. The molecule has 180 valence electrons. The maximum atomic E-state index is 13.0. The third kappa shape index (κ3) is 5.61. The van der Waals surface area contributed by atoms with Gasteiger partial charge in [-0.25, -0.2) is 4.79 Å². The van der Waals surface area contributed by atoms with E-state index >= 15 is 0 Å². The number of hydrogen-bond acceptors (Lipinski definition) is 5. The average Bonchev–Trinajstić information content (AvgIpc) is 3.47. The third-order valence-corrected chi connectivity index (χ3v) is 6.07. The summed E-state index contributed by atoms with van der Waals surface area (Å²) in [7, 11) is 0. The molecule has 2 heterocycles. The van der Waals surface area contributed by atoms with Gasteiger partial charge in [-0.1, -0.05) is 37.3 Å². The fraction of sp³-hybridized carbons (Fsp3) is 0.429. The molecule has 1 aromatic carbocycles. The predicted octanol–water partition coefficient (Wildman–Crippen LogP) is 5.78. The summed E-state index contributed by atoms with van der Waals surface area (Å²) in [5, 5.41) is 0. The topological polar surface area (TPSA) is 69.0 Å². The maximum Gasteiger partial charge on any atom is 0.329 e. The predicted molar refractivity (Wildman–Crippen MR) is 130 cm³/mol. The number of likely N-dealkylation sites (tertiary alicyclic amines) is 1. The Balaban J connectivity index is 1.35. The molecule has 0 radical (unpaired) electrons. The van der Waals surface area contributed by atoms with Crippen LogP contribution in [-0.2, 0) is 16.1 Å². The van der Waals surface area contributed by atoms with Crippen LogP contribution in [0.1, 0.15) is 68.8 Å². The molecule has 4 rings (SSSR count). The van der Waals surface area contributed by atoms with Crippen LogP contribution in [0.3, 0.4) is 0 Å². The van der Waals surface area contributed by atoms with Crippen molar-refractivity contribution in [3.8, 4) is 5.75 Å². The van der Waals surface area contributed by atoms with E-state index in [0.29, 0.717) is 24.6 Å². The van der Waals surface area contributed by atoms with Gasteiger partial charge in [0.2, 0.25) is 0 Å². The van der Waals surface area contributed by atoms with Gasteiger partial charge in [-0.05, 0) is 81.4 Å². The third-order valence-electron chi connectivity index (χ3n) is 6.07. The molecule has 2 atom stereocenters. The Hall–Kier alpha value is -3.28. The van der Waals surface area contributed by atoms with Crippen LogP contribution in [0.2, 0.25) is 0 Å². The van der Waals surface area contributed by atoms with Gasteiger partial charge in [0.05, 0.1) is 0 Å². The van der Waals surface area contributed by atoms with E-state index in [1.165, 1.54) is 11.1 Å². The second-order valence-corrected chi connectivity index (χ2v) is 9.96.